The Balaban J connectivity index is 2.11. The second-order valence-corrected chi connectivity index (χ2v) is 5.36. The van der Waals surface area contributed by atoms with Crippen LogP contribution in [0.5, 0.6) is 0 Å². The third-order valence-electron chi connectivity index (χ3n) is 3.67. The van der Waals surface area contributed by atoms with Gasteiger partial charge in [0.25, 0.3) is 0 Å². The summed E-state index contributed by atoms with van der Waals surface area (Å²) in [5, 5.41) is 9.00. The zero-order chi connectivity index (χ0) is 14.1. The summed E-state index contributed by atoms with van der Waals surface area (Å²) in [6, 6.07) is 14.7. The van der Waals surface area contributed by atoms with Gasteiger partial charge in [0.15, 0.2) is 0 Å². The van der Waals surface area contributed by atoms with Gasteiger partial charge in [0.2, 0.25) is 0 Å². The minimum absolute atomic E-state index is 0.357. The van der Waals surface area contributed by atoms with E-state index in [1.54, 1.807) is 6.07 Å². The number of benzene rings is 2. The Morgan fingerprint density at radius 1 is 1.25 bits per heavy atom. The van der Waals surface area contributed by atoms with Crippen LogP contribution in [0.25, 0.3) is 0 Å². The van der Waals surface area contributed by atoms with Crippen molar-refractivity contribution < 1.29 is 4.39 Å². The molecule has 2 aromatic rings. The lowest BCUT2D eigenvalue weighted by Gasteiger charge is -2.35. The Bertz CT molecular complexity index is 688. The zero-order valence-corrected chi connectivity index (χ0v) is 11.3. The second-order valence-electron chi connectivity index (χ2n) is 5.36. The molecule has 100 valence electrons. The lowest BCUT2D eigenvalue weighted by molar-refractivity contribution is 0.561. The minimum Gasteiger partial charge on any atom is -0.341 e. The molecule has 2 aromatic carbocycles. The molecule has 0 aromatic heterocycles. The third-order valence-corrected chi connectivity index (χ3v) is 3.67. The van der Waals surface area contributed by atoms with Gasteiger partial charge in [-0.25, -0.2) is 4.39 Å². The van der Waals surface area contributed by atoms with E-state index in [1.807, 2.05) is 18.2 Å². The predicted octanol–water partition coefficient (Wildman–Crippen LogP) is 4.03. The Labute approximate surface area is 118 Å². The average molecular weight is 266 g/mol. The van der Waals surface area contributed by atoms with Crippen molar-refractivity contribution in [3.63, 3.8) is 0 Å². The molecule has 0 fully saturated rings. The number of para-hydroxylation sites is 1. The van der Waals surface area contributed by atoms with Crippen molar-refractivity contribution in [2.24, 2.45) is 5.92 Å². The number of nitrogens with zero attached hydrogens (tertiary/aromatic N) is 2. The molecule has 0 radical (unpaired) electrons. The number of hydrogen-bond acceptors (Lipinski definition) is 2. The van der Waals surface area contributed by atoms with Crippen molar-refractivity contribution in [3.05, 3.63) is 59.4 Å². The Hall–Kier alpha value is -2.34. The molecule has 1 aliphatic rings. The van der Waals surface area contributed by atoms with Gasteiger partial charge in [-0.05, 0) is 42.2 Å². The summed E-state index contributed by atoms with van der Waals surface area (Å²) in [5.41, 5.74) is 3.49. The summed E-state index contributed by atoms with van der Waals surface area (Å²) >= 11 is 0. The lowest BCUT2D eigenvalue weighted by Crippen LogP contribution is -2.30. The summed E-state index contributed by atoms with van der Waals surface area (Å²) < 4.78 is 13.7. The first kappa shape index (κ1) is 12.7. The topological polar surface area (TPSA) is 27.0 Å². The van der Waals surface area contributed by atoms with Gasteiger partial charge in [0.05, 0.1) is 11.6 Å². The number of anilines is 2. The van der Waals surface area contributed by atoms with Crippen LogP contribution >= 0.6 is 0 Å². The van der Waals surface area contributed by atoms with Gasteiger partial charge in [0.1, 0.15) is 5.82 Å². The molecule has 3 rings (SSSR count). The highest BCUT2D eigenvalue weighted by Crippen LogP contribution is 2.35. The molecule has 0 bridgehead atoms. The maximum atomic E-state index is 13.7. The molecule has 3 heteroatoms. The largest absolute Gasteiger partial charge is 0.341 e. The monoisotopic (exact) mass is 266 g/mol. The maximum Gasteiger partial charge on any atom is 0.126 e. The van der Waals surface area contributed by atoms with Gasteiger partial charge in [-0.3, -0.25) is 0 Å². The molecule has 1 unspecified atom stereocenters. The normalized spacial score (nSPS) is 17.4. The zero-order valence-electron chi connectivity index (χ0n) is 11.3. The SMILES string of the molecule is CC1Cc2ccccc2N(c2cc(F)cc(C#N)c2)C1. The van der Waals surface area contributed by atoms with E-state index in [4.69, 9.17) is 5.26 Å². The van der Waals surface area contributed by atoms with Gasteiger partial charge in [-0.15, -0.1) is 0 Å². The molecule has 2 nitrogen and oxygen atoms in total. The van der Waals surface area contributed by atoms with Crippen LogP contribution in [0, 0.1) is 23.1 Å². The smallest absolute Gasteiger partial charge is 0.126 e. The van der Waals surface area contributed by atoms with Gasteiger partial charge >= 0.3 is 0 Å². The fraction of sp³-hybridized carbons (Fsp3) is 0.235. The Kier molecular flexibility index (Phi) is 3.15. The van der Waals surface area contributed by atoms with Crippen LogP contribution in [0.15, 0.2) is 42.5 Å². The molecule has 20 heavy (non-hydrogen) atoms. The van der Waals surface area contributed by atoms with Crippen LogP contribution < -0.4 is 4.90 Å². The quantitative estimate of drug-likeness (QED) is 0.779. The fourth-order valence-electron chi connectivity index (χ4n) is 2.84. The second kappa shape index (κ2) is 4.97. The van der Waals surface area contributed by atoms with Gasteiger partial charge in [0, 0.05) is 17.9 Å². The van der Waals surface area contributed by atoms with E-state index in [0.29, 0.717) is 11.5 Å². The number of rotatable bonds is 1. The third kappa shape index (κ3) is 2.25. The molecule has 0 saturated carbocycles. The molecule has 1 aliphatic heterocycles. The highest BCUT2D eigenvalue weighted by Gasteiger charge is 2.23. The molecular formula is C17H15FN2. The molecule has 0 saturated heterocycles. The molecule has 1 heterocycles. The van der Waals surface area contributed by atoms with Gasteiger partial charge in [-0.2, -0.15) is 5.26 Å². The summed E-state index contributed by atoms with van der Waals surface area (Å²) in [4.78, 5) is 2.10. The summed E-state index contributed by atoms with van der Waals surface area (Å²) in [6.45, 7) is 3.03. The van der Waals surface area contributed by atoms with Crippen LogP contribution in [0.3, 0.4) is 0 Å². The molecule has 0 spiro atoms. The molecule has 0 amide bonds. The molecule has 0 aliphatic carbocycles. The van der Waals surface area contributed by atoms with Crippen molar-refractivity contribution in [2.75, 3.05) is 11.4 Å². The van der Waals surface area contributed by atoms with Crippen LogP contribution in [-0.2, 0) is 6.42 Å². The van der Waals surface area contributed by atoms with Crippen LogP contribution in [0.4, 0.5) is 15.8 Å². The number of nitriles is 1. The lowest BCUT2D eigenvalue weighted by atomic mass is 9.93. The van der Waals surface area contributed by atoms with Crippen molar-refractivity contribution >= 4 is 11.4 Å². The van der Waals surface area contributed by atoms with Crippen molar-refractivity contribution in [2.45, 2.75) is 13.3 Å². The minimum atomic E-state index is -0.366. The van der Waals surface area contributed by atoms with Crippen LogP contribution in [0.1, 0.15) is 18.1 Å². The van der Waals surface area contributed by atoms with E-state index >= 15 is 0 Å². The molecule has 0 N–H and O–H groups in total. The van der Waals surface area contributed by atoms with E-state index in [-0.39, 0.29) is 5.82 Å². The van der Waals surface area contributed by atoms with Crippen molar-refractivity contribution in [1.82, 2.24) is 0 Å². The van der Waals surface area contributed by atoms with Gasteiger partial charge < -0.3 is 4.90 Å². The average Bonchev–Trinajstić information content (AvgIpc) is 2.45. The van der Waals surface area contributed by atoms with Crippen molar-refractivity contribution in [1.29, 1.82) is 5.26 Å². The Morgan fingerprint density at radius 2 is 2.05 bits per heavy atom. The highest BCUT2D eigenvalue weighted by molar-refractivity contribution is 5.69. The summed E-state index contributed by atoms with van der Waals surface area (Å²) in [7, 11) is 0. The molecule has 1 atom stereocenters. The highest BCUT2D eigenvalue weighted by atomic mass is 19.1. The maximum absolute atomic E-state index is 13.7. The first-order valence-corrected chi connectivity index (χ1v) is 6.73. The van der Waals surface area contributed by atoms with E-state index in [9.17, 15) is 4.39 Å². The van der Waals surface area contributed by atoms with Crippen LogP contribution in [-0.4, -0.2) is 6.54 Å². The Morgan fingerprint density at radius 3 is 2.85 bits per heavy atom. The van der Waals surface area contributed by atoms with E-state index in [0.717, 1.165) is 24.3 Å². The first-order chi connectivity index (χ1) is 9.67. The standard InChI is InChI=1S/C17H15FN2/c1-12-6-14-4-2-3-5-17(14)20(11-12)16-8-13(10-19)7-15(18)9-16/h2-5,7-9,12H,6,11H2,1H3. The summed E-state index contributed by atoms with van der Waals surface area (Å²) in [6.07, 6.45) is 1.03. The summed E-state index contributed by atoms with van der Waals surface area (Å²) in [5.74, 6) is 0.133. The molecular weight excluding hydrogens is 251 g/mol. The van der Waals surface area contributed by atoms with E-state index in [1.165, 1.54) is 17.7 Å². The first-order valence-electron chi connectivity index (χ1n) is 6.73. The van der Waals surface area contributed by atoms with Gasteiger partial charge in [-0.1, -0.05) is 25.1 Å². The van der Waals surface area contributed by atoms with Crippen molar-refractivity contribution in [3.8, 4) is 6.07 Å². The van der Waals surface area contributed by atoms with E-state index in [2.05, 4.69) is 24.0 Å². The van der Waals surface area contributed by atoms with E-state index < -0.39 is 0 Å². The fourth-order valence-corrected chi connectivity index (χ4v) is 2.84. The number of halogens is 1. The van der Waals surface area contributed by atoms with Crippen LogP contribution in [0.2, 0.25) is 0 Å². The number of hydrogen-bond donors (Lipinski definition) is 0. The number of fused-ring (bicyclic) bond motifs is 1. The predicted molar refractivity (Wildman–Crippen MR) is 77.4 cm³/mol.